The molecule has 0 unspecified atom stereocenters. The fourth-order valence-corrected chi connectivity index (χ4v) is 9.07. The molecule has 0 spiro atoms. The molecule has 274 valence electrons. The lowest BCUT2D eigenvalue weighted by molar-refractivity contribution is 0.668. The third-order valence-electron chi connectivity index (χ3n) is 11.8. The van der Waals surface area contributed by atoms with Gasteiger partial charge in [-0.2, -0.15) is 0 Å². The summed E-state index contributed by atoms with van der Waals surface area (Å²) in [5, 5.41) is 11.1. The number of fused-ring (bicyclic) bond motifs is 11. The average molecular weight is 755 g/mol. The quantitative estimate of drug-likeness (QED) is 0.179. The van der Waals surface area contributed by atoms with Gasteiger partial charge in [0, 0.05) is 49.1 Å². The number of aromatic nitrogens is 4. The monoisotopic (exact) mass is 754 g/mol. The summed E-state index contributed by atoms with van der Waals surface area (Å²) < 4.78 is 15.5. The molecule has 6 nitrogen and oxygen atoms in total. The Morgan fingerprint density at radius 3 is 1.78 bits per heavy atom. The SMILES string of the molecule is c1ccc2cc3c(cc2c1)c1ccccc1n3-c1cc(-c2nc(-c3ccc4c(c3)oc3ccccc34)nc(-c3cccc4ccccc34)n2)c2oc3ccccc3c2c1. The molecule has 59 heavy (non-hydrogen) atoms. The fourth-order valence-electron chi connectivity index (χ4n) is 9.07. The minimum Gasteiger partial charge on any atom is -0.456 e. The van der Waals surface area contributed by atoms with E-state index in [2.05, 4.69) is 150 Å². The summed E-state index contributed by atoms with van der Waals surface area (Å²) in [5.74, 6) is 1.63. The van der Waals surface area contributed by atoms with Crippen LogP contribution < -0.4 is 0 Å². The number of furan rings is 2. The number of hydrogen-bond donors (Lipinski definition) is 0. The number of hydrogen-bond acceptors (Lipinski definition) is 5. The molecule has 0 bridgehead atoms. The zero-order valence-electron chi connectivity index (χ0n) is 31.4. The van der Waals surface area contributed by atoms with E-state index in [0.717, 1.165) is 88.1 Å². The highest BCUT2D eigenvalue weighted by molar-refractivity contribution is 6.15. The van der Waals surface area contributed by atoms with Crippen LogP contribution in [0.3, 0.4) is 0 Å². The smallest absolute Gasteiger partial charge is 0.167 e. The molecule has 0 radical (unpaired) electrons. The van der Waals surface area contributed by atoms with Crippen LogP contribution in [-0.2, 0) is 0 Å². The normalized spacial score (nSPS) is 12.1. The van der Waals surface area contributed by atoms with Crippen LogP contribution in [0, 0.1) is 0 Å². The number of benzene rings is 9. The van der Waals surface area contributed by atoms with Crippen LogP contribution in [0.25, 0.3) is 127 Å². The van der Waals surface area contributed by atoms with Gasteiger partial charge in [-0.15, -0.1) is 0 Å². The molecule has 0 fully saturated rings. The van der Waals surface area contributed by atoms with Crippen molar-refractivity contribution in [2.24, 2.45) is 0 Å². The van der Waals surface area contributed by atoms with E-state index >= 15 is 0 Å². The number of rotatable bonds is 4. The average Bonchev–Trinajstić information content (AvgIpc) is 3.96. The summed E-state index contributed by atoms with van der Waals surface area (Å²) >= 11 is 0. The topological polar surface area (TPSA) is 69.9 Å². The second kappa shape index (κ2) is 12.2. The van der Waals surface area contributed by atoms with E-state index in [1.54, 1.807) is 0 Å². The maximum atomic E-state index is 6.77. The molecule has 0 aliphatic heterocycles. The van der Waals surface area contributed by atoms with Crippen molar-refractivity contribution in [2.75, 3.05) is 0 Å². The molecule has 9 aromatic carbocycles. The van der Waals surface area contributed by atoms with Gasteiger partial charge < -0.3 is 13.4 Å². The van der Waals surface area contributed by atoms with E-state index in [4.69, 9.17) is 23.8 Å². The van der Waals surface area contributed by atoms with Crippen LogP contribution in [0.1, 0.15) is 0 Å². The maximum absolute atomic E-state index is 6.77. The largest absolute Gasteiger partial charge is 0.456 e. The first kappa shape index (κ1) is 32.0. The van der Waals surface area contributed by atoms with E-state index in [9.17, 15) is 0 Å². The van der Waals surface area contributed by atoms with Gasteiger partial charge >= 0.3 is 0 Å². The van der Waals surface area contributed by atoms with Crippen LogP contribution in [0.2, 0.25) is 0 Å². The van der Waals surface area contributed by atoms with E-state index in [1.165, 1.54) is 21.5 Å². The first-order valence-electron chi connectivity index (χ1n) is 19.8. The predicted molar refractivity (Wildman–Crippen MR) is 240 cm³/mol. The van der Waals surface area contributed by atoms with Gasteiger partial charge in [-0.25, -0.2) is 15.0 Å². The summed E-state index contributed by atoms with van der Waals surface area (Å²) in [5.41, 5.74) is 8.87. The van der Waals surface area contributed by atoms with Crippen molar-refractivity contribution >= 4 is 87.2 Å². The third-order valence-corrected chi connectivity index (χ3v) is 11.8. The first-order chi connectivity index (χ1) is 29.2. The molecule has 13 rings (SSSR count). The highest BCUT2D eigenvalue weighted by atomic mass is 16.3. The summed E-state index contributed by atoms with van der Waals surface area (Å²) in [7, 11) is 0. The maximum Gasteiger partial charge on any atom is 0.167 e. The summed E-state index contributed by atoms with van der Waals surface area (Å²) in [6.07, 6.45) is 0. The molecular weight excluding hydrogens is 725 g/mol. The molecule has 6 heteroatoms. The zero-order chi connectivity index (χ0) is 38.6. The highest BCUT2D eigenvalue weighted by Crippen LogP contribution is 2.42. The Hall–Kier alpha value is -8.09. The third kappa shape index (κ3) is 4.84. The van der Waals surface area contributed by atoms with Crippen molar-refractivity contribution < 1.29 is 8.83 Å². The molecular formula is C53H30N4O2. The van der Waals surface area contributed by atoms with Gasteiger partial charge in [-0.3, -0.25) is 0 Å². The van der Waals surface area contributed by atoms with Crippen molar-refractivity contribution in [3.63, 3.8) is 0 Å². The highest BCUT2D eigenvalue weighted by Gasteiger charge is 2.23. The number of nitrogens with zero attached hydrogens (tertiary/aromatic N) is 4. The molecule has 0 amide bonds. The van der Waals surface area contributed by atoms with Gasteiger partial charge in [0.15, 0.2) is 17.5 Å². The summed E-state index contributed by atoms with van der Waals surface area (Å²) in [4.78, 5) is 15.9. The molecule has 4 aromatic heterocycles. The summed E-state index contributed by atoms with van der Waals surface area (Å²) in [6, 6.07) is 63.4. The molecule has 0 saturated heterocycles. The lowest BCUT2D eigenvalue weighted by atomic mass is 10.0. The van der Waals surface area contributed by atoms with Crippen LogP contribution in [0.15, 0.2) is 191 Å². The van der Waals surface area contributed by atoms with Crippen LogP contribution >= 0.6 is 0 Å². The minimum absolute atomic E-state index is 0.514. The lowest BCUT2D eigenvalue weighted by Gasteiger charge is -2.13. The molecule has 13 aromatic rings. The van der Waals surface area contributed by atoms with Gasteiger partial charge in [0.05, 0.1) is 16.6 Å². The van der Waals surface area contributed by atoms with Gasteiger partial charge in [0.2, 0.25) is 0 Å². The lowest BCUT2D eigenvalue weighted by Crippen LogP contribution is -2.02. The fraction of sp³-hybridized carbons (Fsp3) is 0. The predicted octanol–water partition coefficient (Wildman–Crippen LogP) is 14.1. The Morgan fingerprint density at radius 2 is 0.949 bits per heavy atom. The van der Waals surface area contributed by atoms with Crippen molar-refractivity contribution in [3.8, 4) is 39.9 Å². The van der Waals surface area contributed by atoms with E-state index in [-0.39, 0.29) is 0 Å². The van der Waals surface area contributed by atoms with Crippen molar-refractivity contribution in [2.45, 2.75) is 0 Å². The first-order valence-corrected chi connectivity index (χ1v) is 19.8. The van der Waals surface area contributed by atoms with Gasteiger partial charge in [0.1, 0.15) is 22.3 Å². The Labute approximate surface area is 336 Å². The Kier molecular flexibility index (Phi) is 6.63. The molecule has 0 N–H and O–H groups in total. The Morgan fingerprint density at radius 1 is 0.339 bits per heavy atom. The summed E-state index contributed by atoms with van der Waals surface area (Å²) in [6.45, 7) is 0. The van der Waals surface area contributed by atoms with Crippen LogP contribution in [0.5, 0.6) is 0 Å². The standard InChI is InChI=1S/C53H30N4O2/c1-2-14-33-27-46-42(26-32(33)13-1)37-17-5-8-21-45(37)57(46)35-29-43-39-19-7-10-23-48(39)59-50(43)44(30-35)53-55-51(34-24-25-40-38-18-6-9-22-47(38)58-49(40)28-34)54-52(56-53)41-20-11-15-31-12-3-4-16-36(31)41/h1-30H. The van der Waals surface area contributed by atoms with Gasteiger partial charge in [0.25, 0.3) is 0 Å². The Bertz CT molecular complexity index is 3870. The minimum atomic E-state index is 0.514. The van der Waals surface area contributed by atoms with E-state index in [0.29, 0.717) is 17.5 Å². The second-order valence-corrected chi connectivity index (χ2v) is 15.2. The van der Waals surface area contributed by atoms with E-state index in [1.807, 2.05) is 36.4 Å². The Balaban J connectivity index is 1.12. The van der Waals surface area contributed by atoms with Crippen molar-refractivity contribution in [1.29, 1.82) is 0 Å². The number of para-hydroxylation sites is 3. The second-order valence-electron chi connectivity index (χ2n) is 15.2. The van der Waals surface area contributed by atoms with Gasteiger partial charge in [-0.1, -0.05) is 127 Å². The van der Waals surface area contributed by atoms with Gasteiger partial charge in [-0.05, 0) is 76.1 Å². The zero-order valence-corrected chi connectivity index (χ0v) is 31.4. The molecule has 4 heterocycles. The molecule has 0 saturated carbocycles. The van der Waals surface area contributed by atoms with Crippen LogP contribution in [-0.4, -0.2) is 19.5 Å². The van der Waals surface area contributed by atoms with Crippen molar-refractivity contribution in [1.82, 2.24) is 19.5 Å². The van der Waals surface area contributed by atoms with Crippen LogP contribution in [0.4, 0.5) is 0 Å². The molecule has 0 aliphatic rings. The van der Waals surface area contributed by atoms with Crippen molar-refractivity contribution in [3.05, 3.63) is 182 Å². The molecule has 0 atom stereocenters. The van der Waals surface area contributed by atoms with E-state index < -0.39 is 0 Å². The molecule has 0 aliphatic carbocycles.